The molecule has 1 fully saturated rings. The normalized spacial score (nSPS) is 17.4. The van der Waals surface area contributed by atoms with E-state index in [1.165, 1.54) is 30.5 Å². The number of nitrogens with one attached hydrogen (secondary N) is 2. The van der Waals surface area contributed by atoms with E-state index < -0.39 is 35.3 Å². The molecule has 0 bridgehead atoms. The molecule has 1 aliphatic carbocycles. The van der Waals surface area contributed by atoms with Crippen LogP contribution in [0, 0.1) is 30.3 Å². The molecule has 0 radical (unpaired) electrons. The molecule has 3 aromatic carbocycles. The second-order valence-electron chi connectivity index (χ2n) is 9.94. The number of aromatic amines is 2. The summed E-state index contributed by atoms with van der Waals surface area (Å²) in [6, 6.07) is 12.2. The van der Waals surface area contributed by atoms with E-state index in [-0.39, 0.29) is 28.8 Å². The number of ether oxygens (including phenoxy) is 1. The largest absolute Gasteiger partial charge is 0.481 e. The van der Waals surface area contributed by atoms with Crippen molar-refractivity contribution in [2.75, 3.05) is 0 Å². The molecule has 6 nitrogen and oxygen atoms in total. The van der Waals surface area contributed by atoms with Crippen molar-refractivity contribution < 1.29 is 27.8 Å². The fraction of sp³-hybridized carbons (Fsp3) is 0.200. The molecule has 1 aliphatic rings. The molecular formula is C30H24F3N3O3. The number of fused-ring (bicyclic) bond motifs is 1. The van der Waals surface area contributed by atoms with E-state index in [1.807, 2.05) is 6.07 Å². The number of carbonyl (C=O) groups is 1. The first-order valence-electron chi connectivity index (χ1n) is 12.5. The smallest absolute Gasteiger partial charge is 0.307 e. The van der Waals surface area contributed by atoms with E-state index >= 15 is 4.39 Å². The number of carboxylic acids is 1. The monoisotopic (exact) mass is 531 g/mol. The first-order valence-corrected chi connectivity index (χ1v) is 12.5. The summed E-state index contributed by atoms with van der Waals surface area (Å²) in [4.78, 5) is 21.6. The van der Waals surface area contributed by atoms with E-state index in [1.54, 1.807) is 38.2 Å². The summed E-state index contributed by atoms with van der Waals surface area (Å²) >= 11 is 0. The summed E-state index contributed by atoms with van der Waals surface area (Å²) in [6.07, 6.45) is 3.64. The first kappa shape index (κ1) is 24.8. The number of halogens is 3. The van der Waals surface area contributed by atoms with Gasteiger partial charge in [-0.25, -0.2) is 18.2 Å². The van der Waals surface area contributed by atoms with E-state index in [0.717, 1.165) is 5.39 Å². The fourth-order valence-corrected chi connectivity index (χ4v) is 5.18. The van der Waals surface area contributed by atoms with Gasteiger partial charge in [0.25, 0.3) is 0 Å². The van der Waals surface area contributed by atoms with Crippen LogP contribution in [-0.4, -0.2) is 26.0 Å². The SMILES string of the molecule is Cc1c(Oc2ccc(F)c(-c3ncc(C(C)c4cccc([C@@H]5CC5C(=O)O)c4F)[nH]3)c2)c(F)cc2[nH]ccc12. The number of hydrogen-bond acceptors (Lipinski definition) is 3. The maximum Gasteiger partial charge on any atom is 0.307 e. The Kier molecular flexibility index (Phi) is 5.94. The maximum atomic E-state index is 15.4. The lowest BCUT2D eigenvalue weighted by Crippen LogP contribution is -2.05. The number of aryl methyl sites for hydroxylation is 1. The highest BCUT2D eigenvalue weighted by atomic mass is 19.1. The van der Waals surface area contributed by atoms with Crippen LogP contribution < -0.4 is 4.74 Å². The minimum Gasteiger partial charge on any atom is -0.481 e. The standard InChI is InChI=1S/C30H24F3N3O3/c1-14(18-4-3-5-19(27(18)33)20-11-21(20)30(37)38)26-13-35-29(36-26)22-10-16(6-7-23(22)31)39-28-15(2)17-8-9-34-25(17)12-24(28)32/h3-10,12-14,20-21,34H,11H2,1-2H3,(H,35,36)(H,37,38)/t14?,20-,21?/m0/s1. The molecule has 6 rings (SSSR count). The minimum absolute atomic E-state index is 0.0459. The van der Waals surface area contributed by atoms with Crippen LogP contribution in [0.2, 0.25) is 0 Å². The Morgan fingerprint density at radius 3 is 2.72 bits per heavy atom. The first-order chi connectivity index (χ1) is 18.7. The lowest BCUT2D eigenvalue weighted by Gasteiger charge is -2.14. The predicted molar refractivity (Wildman–Crippen MR) is 139 cm³/mol. The molecule has 198 valence electrons. The van der Waals surface area contributed by atoms with Gasteiger partial charge in [-0.15, -0.1) is 0 Å². The van der Waals surface area contributed by atoms with Gasteiger partial charge in [-0.1, -0.05) is 25.1 Å². The highest BCUT2D eigenvalue weighted by Crippen LogP contribution is 2.49. The van der Waals surface area contributed by atoms with Crippen LogP contribution in [-0.2, 0) is 4.79 Å². The highest BCUT2D eigenvalue weighted by molar-refractivity contribution is 5.85. The van der Waals surface area contributed by atoms with Crippen molar-refractivity contribution in [1.29, 1.82) is 0 Å². The number of rotatable bonds is 7. The van der Waals surface area contributed by atoms with Gasteiger partial charge in [0.1, 0.15) is 23.2 Å². The van der Waals surface area contributed by atoms with Gasteiger partial charge in [0.05, 0.1) is 11.5 Å². The van der Waals surface area contributed by atoms with Crippen molar-refractivity contribution in [3.8, 4) is 22.9 Å². The van der Waals surface area contributed by atoms with Crippen molar-refractivity contribution in [3.05, 3.63) is 101 Å². The minimum atomic E-state index is -0.924. The lowest BCUT2D eigenvalue weighted by atomic mass is 9.94. The molecule has 9 heteroatoms. The summed E-state index contributed by atoms with van der Waals surface area (Å²) in [6.45, 7) is 3.54. The third kappa shape index (κ3) is 4.33. The van der Waals surface area contributed by atoms with Gasteiger partial charge < -0.3 is 19.8 Å². The number of imidazole rings is 1. The molecule has 2 unspecified atom stereocenters. The van der Waals surface area contributed by atoms with Gasteiger partial charge in [-0.05, 0) is 48.7 Å². The van der Waals surface area contributed by atoms with E-state index in [9.17, 15) is 18.7 Å². The molecule has 1 saturated carbocycles. The average molecular weight is 532 g/mol. The summed E-state index contributed by atoms with van der Waals surface area (Å²) < 4.78 is 50.9. The zero-order valence-electron chi connectivity index (χ0n) is 21.1. The Bertz CT molecular complexity index is 1740. The second-order valence-corrected chi connectivity index (χ2v) is 9.94. The van der Waals surface area contributed by atoms with Gasteiger partial charge in [-0.2, -0.15) is 0 Å². The number of hydrogen-bond donors (Lipinski definition) is 3. The van der Waals surface area contributed by atoms with E-state index in [2.05, 4.69) is 15.0 Å². The van der Waals surface area contributed by atoms with Gasteiger partial charge >= 0.3 is 5.97 Å². The van der Waals surface area contributed by atoms with Crippen LogP contribution >= 0.6 is 0 Å². The molecule has 0 spiro atoms. The van der Waals surface area contributed by atoms with Gasteiger partial charge in [-0.3, -0.25) is 4.79 Å². The number of carboxylic acid groups (broad SMARTS) is 1. The topological polar surface area (TPSA) is 91.0 Å². The van der Waals surface area contributed by atoms with Crippen LogP contribution in [0.15, 0.2) is 60.9 Å². The van der Waals surface area contributed by atoms with Crippen molar-refractivity contribution in [1.82, 2.24) is 15.0 Å². The predicted octanol–water partition coefficient (Wildman–Crippen LogP) is 7.42. The Morgan fingerprint density at radius 2 is 1.95 bits per heavy atom. The zero-order valence-corrected chi connectivity index (χ0v) is 21.1. The molecule has 3 N–H and O–H groups in total. The van der Waals surface area contributed by atoms with Crippen molar-refractivity contribution >= 4 is 16.9 Å². The molecule has 0 saturated heterocycles. The molecule has 0 aliphatic heterocycles. The Balaban J connectivity index is 1.28. The van der Waals surface area contributed by atoms with E-state index in [0.29, 0.717) is 34.3 Å². The summed E-state index contributed by atoms with van der Waals surface area (Å²) in [5, 5.41) is 10.0. The number of H-pyrrole nitrogens is 2. The van der Waals surface area contributed by atoms with Crippen LogP contribution in [0.3, 0.4) is 0 Å². The Morgan fingerprint density at radius 1 is 1.13 bits per heavy atom. The summed E-state index contributed by atoms with van der Waals surface area (Å²) in [5.41, 5.74) is 2.71. The fourth-order valence-electron chi connectivity index (χ4n) is 5.18. The number of aliphatic carboxylic acids is 1. The van der Waals surface area contributed by atoms with Gasteiger partial charge in [0.15, 0.2) is 11.6 Å². The van der Waals surface area contributed by atoms with Crippen LogP contribution in [0.4, 0.5) is 13.2 Å². The molecule has 2 heterocycles. The van der Waals surface area contributed by atoms with E-state index in [4.69, 9.17) is 4.74 Å². The lowest BCUT2D eigenvalue weighted by molar-refractivity contribution is -0.138. The molecule has 0 amide bonds. The van der Waals surface area contributed by atoms with Gasteiger partial charge in [0, 0.05) is 52.5 Å². The molecular weight excluding hydrogens is 507 g/mol. The average Bonchev–Trinajstić information content (AvgIpc) is 3.31. The summed E-state index contributed by atoms with van der Waals surface area (Å²) in [7, 11) is 0. The number of nitrogens with zero attached hydrogens (tertiary/aromatic N) is 1. The van der Waals surface area contributed by atoms with Crippen LogP contribution in [0.25, 0.3) is 22.3 Å². The molecule has 2 aromatic heterocycles. The number of aromatic nitrogens is 3. The molecule has 5 aromatic rings. The quantitative estimate of drug-likeness (QED) is 0.204. The molecule has 3 atom stereocenters. The highest BCUT2D eigenvalue weighted by Gasteiger charge is 2.45. The maximum absolute atomic E-state index is 15.4. The van der Waals surface area contributed by atoms with Crippen molar-refractivity contribution in [2.45, 2.75) is 32.1 Å². The van der Waals surface area contributed by atoms with Crippen LogP contribution in [0.5, 0.6) is 11.5 Å². The zero-order chi connectivity index (χ0) is 27.4. The third-order valence-corrected chi connectivity index (χ3v) is 7.52. The Labute approximate surface area is 221 Å². The van der Waals surface area contributed by atoms with Gasteiger partial charge in [0.2, 0.25) is 0 Å². The third-order valence-electron chi connectivity index (χ3n) is 7.52. The summed E-state index contributed by atoms with van der Waals surface area (Å²) in [5.74, 6) is -3.35. The van der Waals surface area contributed by atoms with Crippen LogP contribution in [0.1, 0.15) is 47.6 Å². The van der Waals surface area contributed by atoms with Crippen molar-refractivity contribution in [2.24, 2.45) is 5.92 Å². The van der Waals surface area contributed by atoms with Crippen molar-refractivity contribution in [3.63, 3.8) is 0 Å². The second kappa shape index (κ2) is 9.34. The Hall–Kier alpha value is -4.53. The molecule has 39 heavy (non-hydrogen) atoms. The number of benzene rings is 3.